The van der Waals surface area contributed by atoms with E-state index < -0.39 is 40.2 Å². The highest BCUT2D eigenvalue weighted by Gasteiger charge is 2.35. The normalized spacial score (nSPS) is 12.6. The van der Waals surface area contributed by atoms with Crippen molar-refractivity contribution >= 4 is 27.5 Å². The molecule has 4 aromatic rings. The van der Waals surface area contributed by atoms with Crippen molar-refractivity contribution in [3.05, 3.63) is 132 Å². The summed E-state index contributed by atoms with van der Waals surface area (Å²) in [7, 11) is -4.21. The van der Waals surface area contributed by atoms with Crippen LogP contribution in [0.4, 0.5) is 10.1 Å². The highest BCUT2D eigenvalue weighted by Crippen LogP contribution is 2.28. The number of carbonyl (C=O) groups is 2. The Hall–Kier alpha value is -4.50. The maximum atomic E-state index is 15.1. The molecule has 0 aliphatic rings. The Balaban J connectivity index is 1.84. The molecule has 1 N–H and O–H groups in total. The molecule has 0 unspecified atom stereocenters. The average molecular weight is 630 g/mol. The SMILES string of the molecule is CCc1ccccc1N(CC(=O)N(Cc1ccccc1F)[C@H](Cc1ccccc1)C(=O)N[C@@H](C)CC)S(=O)(=O)c1ccccc1. The van der Waals surface area contributed by atoms with Gasteiger partial charge in [-0.05, 0) is 55.2 Å². The van der Waals surface area contributed by atoms with E-state index in [0.717, 1.165) is 15.4 Å². The molecule has 2 atom stereocenters. The van der Waals surface area contributed by atoms with E-state index >= 15 is 4.39 Å². The van der Waals surface area contributed by atoms with Crippen LogP contribution in [0.1, 0.15) is 43.9 Å². The Morgan fingerprint density at radius 2 is 1.38 bits per heavy atom. The number of nitrogens with zero attached hydrogens (tertiary/aromatic N) is 2. The summed E-state index contributed by atoms with van der Waals surface area (Å²) >= 11 is 0. The van der Waals surface area contributed by atoms with Gasteiger partial charge in [-0.1, -0.05) is 98.8 Å². The Kier molecular flexibility index (Phi) is 11.5. The van der Waals surface area contributed by atoms with Crippen LogP contribution in [0.2, 0.25) is 0 Å². The quantitative estimate of drug-likeness (QED) is 0.182. The highest BCUT2D eigenvalue weighted by atomic mass is 32.2. The lowest BCUT2D eigenvalue weighted by Crippen LogP contribution is -2.54. The lowest BCUT2D eigenvalue weighted by molar-refractivity contribution is -0.140. The molecule has 2 amide bonds. The number of rotatable bonds is 14. The molecular weight excluding hydrogens is 589 g/mol. The van der Waals surface area contributed by atoms with Crippen molar-refractivity contribution in [2.24, 2.45) is 0 Å². The zero-order chi connectivity index (χ0) is 32.4. The number of anilines is 1. The molecule has 0 radical (unpaired) electrons. The molecule has 0 fully saturated rings. The fourth-order valence-electron chi connectivity index (χ4n) is 5.09. The molecule has 0 spiro atoms. The van der Waals surface area contributed by atoms with Crippen molar-refractivity contribution in [1.29, 1.82) is 0 Å². The predicted molar refractivity (Wildman–Crippen MR) is 176 cm³/mol. The van der Waals surface area contributed by atoms with E-state index in [-0.39, 0.29) is 29.5 Å². The first-order chi connectivity index (χ1) is 21.6. The van der Waals surface area contributed by atoms with Crippen LogP contribution in [0.15, 0.2) is 114 Å². The molecule has 0 aliphatic heterocycles. The van der Waals surface area contributed by atoms with E-state index in [1.165, 1.54) is 23.1 Å². The second kappa shape index (κ2) is 15.5. The number of para-hydroxylation sites is 1. The molecular formula is C36H40FN3O4S. The minimum atomic E-state index is -4.21. The molecule has 45 heavy (non-hydrogen) atoms. The number of nitrogens with one attached hydrogen (secondary N) is 1. The van der Waals surface area contributed by atoms with Crippen molar-refractivity contribution in [1.82, 2.24) is 10.2 Å². The van der Waals surface area contributed by atoms with Gasteiger partial charge in [0.1, 0.15) is 18.4 Å². The van der Waals surface area contributed by atoms with Gasteiger partial charge in [0.25, 0.3) is 10.0 Å². The third-order valence-electron chi connectivity index (χ3n) is 7.82. The van der Waals surface area contributed by atoms with Gasteiger partial charge in [0.2, 0.25) is 11.8 Å². The van der Waals surface area contributed by atoms with E-state index in [0.29, 0.717) is 18.5 Å². The van der Waals surface area contributed by atoms with Gasteiger partial charge in [0, 0.05) is 24.6 Å². The molecule has 4 rings (SSSR count). The van der Waals surface area contributed by atoms with Crippen LogP contribution in [-0.2, 0) is 39.0 Å². The number of benzene rings is 4. The predicted octanol–water partition coefficient (Wildman–Crippen LogP) is 6.14. The minimum Gasteiger partial charge on any atom is -0.352 e. The average Bonchev–Trinajstić information content (AvgIpc) is 3.06. The fraction of sp³-hybridized carbons (Fsp3) is 0.278. The molecule has 0 saturated heterocycles. The maximum absolute atomic E-state index is 15.1. The molecule has 9 heteroatoms. The standard InChI is InChI=1S/C36H40FN3O4S/c1-4-27(3)38-36(42)34(24-28-16-8-6-9-17-28)39(25-30-19-12-14-22-32(30)37)35(41)26-40(33-23-15-13-18-29(33)5-2)45(43,44)31-20-10-7-11-21-31/h6-23,27,34H,4-5,24-26H2,1-3H3,(H,38,42)/t27-,34+/m0/s1. The molecule has 0 bridgehead atoms. The Morgan fingerprint density at radius 3 is 2.00 bits per heavy atom. The van der Waals surface area contributed by atoms with Gasteiger partial charge in [0.15, 0.2) is 0 Å². The molecule has 4 aromatic carbocycles. The monoisotopic (exact) mass is 629 g/mol. The van der Waals surface area contributed by atoms with Crippen molar-refractivity contribution in [2.75, 3.05) is 10.8 Å². The molecule has 7 nitrogen and oxygen atoms in total. The van der Waals surface area contributed by atoms with Gasteiger partial charge >= 0.3 is 0 Å². The van der Waals surface area contributed by atoms with Crippen LogP contribution >= 0.6 is 0 Å². The first kappa shape index (κ1) is 33.4. The number of carbonyl (C=O) groups excluding carboxylic acids is 2. The number of halogens is 1. The summed E-state index contributed by atoms with van der Waals surface area (Å²) in [6.45, 7) is 4.90. The van der Waals surface area contributed by atoms with E-state index in [9.17, 15) is 18.0 Å². The van der Waals surface area contributed by atoms with E-state index in [2.05, 4.69) is 5.32 Å². The Morgan fingerprint density at radius 1 is 0.800 bits per heavy atom. The summed E-state index contributed by atoms with van der Waals surface area (Å²) in [5.74, 6) is -1.56. The number of aryl methyl sites for hydroxylation is 1. The number of hydrogen-bond donors (Lipinski definition) is 1. The van der Waals surface area contributed by atoms with Crippen molar-refractivity contribution < 1.29 is 22.4 Å². The fourth-order valence-corrected chi connectivity index (χ4v) is 6.56. The Labute approximate surface area is 265 Å². The third-order valence-corrected chi connectivity index (χ3v) is 9.60. The number of sulfonamides is 1. The lowest BCUT2D eigenvalue weighted by Gasteiger charge is -2.34. The number of hydrogen-bond acceptors (Lipinski definition) is 4. The topological polar surface area (TPSA) is 86.8 Å². The van der Waals surface area contributed by atoms with Crippen LogP contribution in [0.5, 0.6) is 0 Å². The summed E-state index contributed by atoms with van der Waals surface area (Å²) in [5, 5.41) is 2.99. The maximum Gasteiger partial charge on any atom is 0.264 e. The van der Waals surface area contributed by atoms with Crippen molar-refractivity contribution in [3.63, 3.8) is 0 Å². The first-order valence-corrected chi connectivity index (χ1v) is 16.6. The van der Waals surface area contributed by atoms with Crippen LogP contribution in [-0.4, -0.2) is 43.8 Å². The van der Waals surface area contributed by atoms with E-state index in [4.69, 9.17) is 0 Å². The van der Waals surface area contributed by atoms with Crippen molar-refractivity contribution in [2.45, 2.75) is 63.6 Å². The van der Waals surface area contributed by atoms with Crippen LogP contribution in [0.25, 0.3) is 0 Å². The van der Waals surface area contributed by atoms with Crippen LogP contribution in [0.3, 0.4) is 0 Å². The van der Waals surface area contributed by atoms with Gasteiger partial charge in [-0.2, -0.15) is 0 Å². The summed E-state index contributed by atoms with van der Waals surface area (Å²) in [6.07, 6.45) is 1.35. The van der Waals surface area contributed by atoms with Gasteiger partial charge in [-0.3, -0.25) is 13.9 Å². The zero-order valence-corrected chi connectivity index (χ0v) is 26.7. The van der Waals surface area contributed by atoms with E-state index in [1.807, 2.05) is 63.2 Å². The van der Waals surface area contributed by atoms with E-state index in [1.54, 1.807) is 48.5 Å². The minimum absolute atomic E-state index is 0.0275. The second-order valence-corrected chi connectivity index (χ2v) is 12.8. The van der Waals surface area contributed by atoms with Crippen LogP contribution in [0, 0.1) is 5.82 Å². The van der Waals surface area contributed by atoms with Gasteiger partial charge in [-0.25, -0.2) is 12.8 Å². The van der Waals surface area contributed by atoms with Gasteiger partial charge < -0.3 is 10.2 Å². The first-order valence-electron chi connectivity index (χ1n) is 15.2. The largest absolute Gasteiger partial charge is 0.352 e. The Bertz CT molecular complexity index is 1680. The summed E-state index contributed by atoms with van der Waals surface area (Å²) in [5.41, 5.74) is 2.12. The molecule has 0 aliphatic carbocycles. The van der Waals surface area contributed by atoms with Crippen molar-refractivity contribution in [3.8, 4) is 0 Å². The zero-order valence-electron chi connectivity index (χ0n) is 25.9. The summed E-state index contributed by atoms with van der Waals surface area (Å²) in [6, 6.07) is 29.1. The summed E-state index contributed by atoms with van der Waals surface area (Å²) < 4.78 is 44.5. The lowest BCUT2D eigenvalue weighted by atomic mass is 10.0. The van der Waals surface area contributed by atoms with Gasteiger partial charge in [0.05, 0.1) is 10.6 Å². The highest BCUT2D eigenvalue weighted by molar-refractivity contribution is 7.92. The molecule has 0 heterocycles. The third kappa shape index (κ3) is 8.36. The summed E-state index contributed by atoms with van der Waals surface area (Å²) in [4.78, 5) is 29.7. The second-order valence-electron chi connectivity index (χ2n) is 10.9. The molecule has 0 saturated carbocycles. The number of amides is 2. The molecule has 0 aromatic heterocycles. The van der Waals surface area contributed by atoms with Gasteiger partial charge in [-0.15, -0.1) is 0 Å². The smallest absolute Gasteiger partial charge is 0.264 e. The molecule has 236 valence electrons. The van der Waals surface area contributed by atoms with Crippen LogP contribution < -0.4 is 9.62 Å².